The van der Waals surface area contributed by atoms with Gasteiger partial charge in [-0.3, -0.25) is 0 Å². The predicted octanol–water partition coefficient (Wildman–Crippen LogP) is 3.12. The van der Waals surface area contributed by atoms with Gasteiger partial charge in [0.2, 0.25) is 0 Å². The molecule has 0 amide bonds. The summed E-state index contributed by atoms with van der Waals surface area (Å²) in [6.07, 6.45) is 2.99. The molecule has 3 aromatic rings. The highest BCUT2D eigenvalue weighted by molar-refractivity contribution is 5.74. The fourth-order valence-corrected chi connectivity index (χ4v) is 2.35. The van der Waals surface area contributed by atoms with Crippen molar-refractivity contribution in [1.29, 1.82) is 0 Å². The number of hydrogen-bond donors (Lipinski definition) is 1. The standard InChI is InChI=1S/C16H19N3O/c1-13-7-8-14(20-13)11-17-9-4-10-19-12-18-15-5-2-3-6-16(15)19/h2-3,5-8,12,17H,4,9-11H2,1H3. The van der Waals surface area contributed by atoms with E-state index in [1.165, 1.54) is 5.52 Å². The highest BCUT2D eigenvalue weighted by Gasteiger charge is 2.01. The van der Waals surface area contributed by atoms with Crippen molar-refractivity contribution in [3.05, 3.63) is 54.2 Å². The summed E-state index contributed by atoms with van der Waals surface area (Å²) in [4.78, 5) is 4.40. The molecule has 0 saturated heterocycles. The summed E-state index contributed by atoms with van der Waals surface area (Å²) in [5, 5.41) is 3.40. The van der Waals surface area contributed by atoms with Crippen LogP contribution in [0.1, 0.15) is 17.9 Å². The molecule has 0 aliphatic rings. The molecule has 0 aliphatic carbocycles. The zero-order valence-corrected chi connectivity index (χ0v) is 11.7. The van der Waals surface area contributed by atoms with Crippen molar-refractivity contribution in [2.24, 2.45) is 0 Å². The fraction of sp³-hybridized carbons (Fsp3) is 0.312. The molecule has 0 unspecified atom stereocenters. The highest BCUT2D eigenvalue weighted by atomic mass is 16.3. The molecule has 20 heavy (non-hydrogen) atoms. The van der Waals surface area contributed by atoms with Crippen LogP contribution in [0.4, 0.5) is 0 Å². The van der Waals surface area contributed by atoms with E-state index in [-0.39, 0.29) is 0 Å². The molecular formula is C16H19N3O. The summed E-state index contributed by atoms with van der Waals surface area (Å²) in [6, 6.07) is 12.2. The molecule has 1 aromatic carbocycles. The molecule has 0 atom stereocenters. The molecular weight excluding hydrogens is 250 g/mol. The van der Waals surface area contributed by atoms with Crippen molar-refractivity contribution in [3.8, 4) is 0 Å². The van der Waals surface area contributed by atoms with Gasteiger partial charge in [-0.1, -0.05) is 12.1 Å². The van der Waals surface area contributed by atoms with E-state index in [2.05, 4.69) is 27.0 Å². The number of rotatable bonds is 6. The van der Waals surface area contributed by atoms with E-state index in [1.54, 1.807) is 0 Å². The van der Waals surface area contributed by atoms with Crippen molar-refractivity contribution in [3.63, 3.8) is 0 Å². The van der Waals surface area contributed by atoms with Gasteiger partial charge in [-0.25, -0.2) is 4.98 Å². The summed E-state index contributed by atoms with van der Waals surface area (Å²) < 4.78 is 7.72. The zero-order valence-electron chi connectivity index (χ0n) is 11.7. The summed E-state index contributed by atoms with van der Waals surface area (Å²) >= 11 is 0. The van der Waals surface area contributed by atoms with Crippen molar-refractivity contribution in [2.45, 2.75) is 26.4 Å². The smallest absolute Gasteiger partial charge is 0.117 e. The largest absolute Gasteiger partial charge is 0.465 e. The molecule has 0 spiro atoms. The number of aromatic nitrogens is 2. The molecule has 0 bridgehead atoms. The van der Waals surface area contributed by atoms with Crippen molar-refractivity contribution >= 4 is 11.0 Å². The molecule has 104 valence electrons. The second kappa shape index (κ2) is 5.92. The van der Waals surface area contributed by atoms with Gasteiger partial charge in [0.1, 0.15) is 11.5 Å². The maximum atomic E-state index is 5.52. The van der Waals surface area contributed by atoms with Crippen molar-refractivity contribution in [1.82, 2.24) is 14.9 Å². The molecule has 0 saturated carbocycles. The first-order valence-electron chi connectivity index (χ1n) is 6.99. The Bertz CT molecular complexity index is 684. The summed E-state index contributed by atoms with van der Waals surface area (Å²) in [5.74, 6) is 1.96. The molecule has 0 aliphatic heterocycles. The van der Waals surface area contributed by atoms with Crippen LogP contribution >= 0.6 is 0 Å². The molecule has 3 rings (SSSR count). The third-order valence-corrected chi connectivity index (χ3v) is 3.38. The first-order chi connectivity index (χ1) is 9.83. The Kier molecular flexibility index (Phi) is 3.83. The lowest BCUT2D eigenvalue weighted by Crippen LogP contribution is -2.16. The minimum Gasteiger partial charge on any atom is -0.465 e. The lowest BCUT2D eigenvalue weighted by atomic mass is 10.3. The number of hydrogen-bond acceptors (Lipinski definition) is 3. The topological polar surface area (TPSA) is 43.0 Å². The molecule has 2 aromatic heterocycles. The first kappa shape index (κ1) is 12.9. The van der Waals surface area contributed by atoms with E-state index in [9.17, 15) is 0 Å². The van der Waals surface area contributed by atoms with Gasteiger partial charge in [-0.15, -0.1) is 0 Å². The minimum absolute atomic E-state index is 0.790. The van der Waals surface area contributed by atoms with Crippen LogP contribution in [-0.4, -0.2) is 16.1 Å². The molecule has 2 heterocycles. The summed E-state index contributed by atoms with van der Waals surface area (Å²) in [5.41, 5.74) is 2.26. The van der Waals surface area contributed by atoms with Crippen molar-refractivity contribution in [2.75, 3.05) is 6.54 Å². The number of nitrogens with one attached hydrogen (secondary N) is 1. The number of benzene rings is 1. The van der Waals surface area contributed by atoms with Crippen LogP contribution < -0.4 is 5.32 Å². The van der Waals surface area contributed by atoms with Crippen LogP contribution in [0.5, 0.6) is 0 Å². The van der Waals surface area contributed by atoms with E-state index in [4.69, 9.17) is 4.42 Å². The Balaban J connectivity index is 1.46. The van der Waals surface area contributed by atoms with E-state index in [0.717, 1.165) is 43.1 Å². The van der Waals surface area contributed by atoms with Gasteiger partial charge >= 0.3 is 0 Å². The van der Waals surface area contributed by atoms with Gasteiger partial charge in [0.05, 0.1) is 23.9 Å². The van der Waals surface area contributed by atoms with Crippen LogP contribution in [-0.2, 0) is 13.1 Å². The van der Waals surface area contributed by atoms with Gasteiger partial charge in [0, 0.05) is 6.54 Å². The van der Waals surface area contributed by atoms with Gasteiger partial charge in [-0.05, 0) is 44.2 Å². The predicted molar refractivity (Wildman–Crippen MR) is 79.5 cm³/mol. The average molecular weight is 269 g/mol. The molecule has 1 N–H and O–H groups in total. The van der Waals surface area contributed by atoms with Crippen LogP contribution in [0.2, 0.25) is 0 Å². The number of aryl methyl sites for hydroxylation is 2. The minimum atomic E-state index is 0.790. The summed E-state index contributed by atoms with van der Waals surface area (Å²) in [7, 11) is 0. The quantitative estimate of drug-likeness (QED) is 0.699. The first-order valence-corrected chi connectivity index (χ1v) is 6.99. The average Bonchev–Trinajstić information content (AvgIpc) is 3.05. The Morgan fingerprint density at radius 3 is 2.95 bits per heavy atom. The van der Waals surface area contributed by atoms with Crippen LogP contribution in [0.25, 0.3) is 11.0 Å². The van der Waals surface area contributed by atoms with E-state index < -0.39 is 0 Å². The van der Waals surface area contributed by atoms with Gasteiger partial charge in [0.15, 0.2) is 0 Å². The molecule has 4 heteroatoms. The summed E-state index contributed by atoms with van der Waals surface area (Å²) in [6.45, 7) is 4.70. The normalized spacial score (nSPS) is 11.2. The zero-order chi connectivity index (χ0) is 13.8. The Labute approximate surface area is 118 Å². The SMILES string of the molecule is Cc1ccc(CNCCCn2cnc3ccccc32)o1. The van der Waals surface area contributed by atoms with Crippen molar-refractivity contribution < 1.29 is 4.42 Å². The van der Waals surface area contributed by atoms with Crippen LogP contribution in [0.15, 0.2) is 47.1 Å². The maximum absolute atomic E-state index is 5.52. The molecule has 0 fully saturated rings. The third-order valence-electron chi connectivity index (χ3n) is 3.38. The van der Waals surface area contributed by atoms with E-state index >= 15 is 0 Å². The number of fused-ring (bicyclic) bond motifs is 1. The second-order valence-electron chi connectivity index (χ2n) is 4.97. The van der Waals surface area contributed by atoms with Gasteiger partial charge in [-0.2, -0.15) is 0 Å². The number of para-hydroxylation sites is 2. The fourth-order valence-electron chi connectivity index (χ4n) is 2.35. The second-order valence-corrected chi connectivity index (χ2v) is 4.97. The molecule has 4 nitrogen and oxygen atoms in total. The highest BCUT2D eigenvalue weighted by Crippen LogP contribution is 2.12. The van der Waals surface area contributed by atoms with Crippen LogP contribution in [0, 0.1) is 6.92 Å². The lowest BCUT2D eigenvalue weighted by Gasteiger charge is -2.05. The lowest BCUT2D eigenvalue weighted by molar-refractivity contribution is 0.457. The number of imidazole rings is 1. The maximum Gasteiger partial charge on any atom is 0.117 e. The number of nitrogens with zero attached hydrogens (tertiary/aromatic N) is 2. The van der Waals surface area contributed by atoms with Crippen LogP contribution in [0.3, 0.4) is 0 Å². The number of furan rings is 1. The molecule has 0 radical (unpaired) electrons. The monoisotopic (exact) mass is 269 g/mol. The van der Waals surface area contributed by atoms with E-state index in [0.29, 0.717) is 0 Å². The Morgan fingerprint density at radius 1 is 1.20 bits per heavy atom. The van der Waals surface area contributed by atoms with Gasteiger partial charge in [0.25, 0.3) is 0 Å². The third kappa shape index (κ3) is 2.91. The Morgan fingerprint density at radius 2 is 2.10 bits per heavy atom. The Hall–Kier alpha value is -2.07. The van der Waals surface area contributed by atoms with Gasteiger partial charge < -0.3 is 14.3 Å². The van der Waals surface area contributed by atoms with E-state index in [1.807, 2.05) is 37.5 Å².